The van der Waals surface area contributed by atoms with Crippen molar-refractivity contribution >= 4 is 11.6 Å². The number of hydrazone groups is 1. The molecule has 1 fully saturated rings. The van der Waals surface area contributed by atoms with Crippen LogP contribution in [-0.4, -0.2) is 37.4 Å². The standard InChI is InChI=1S/C18H24N2O3/c1-4-20-18(21)14-8-6-5-7-13(14)17(19-20)12-9-10-15(22-2)16(11-12)23-3/h9-11,13-14H,4-8H2,1-3H3/t13-,14+/m0/s1. The molecule has 1 saturated carbocycles. The first-order valence-corrected chi connectivity index (χ1v) is 8.31. The van der Waals surface area contributed by atoms with Gasteiger partial charge in [-0.25, -0.2) is 5.01 Å². The third-order valence-electron chi connectivity index (χ3n) is 4.90. The summed E-state index contributed by atoms with van der Waals surface area (Å²) in [7, 11) is 3.26. The summed E-state index contributed by atoms with van der Waals surface area (Å²) in [5.41, 5.74) is 2.03. The molecule has 1 aromatic carbocycles. The van der Waals surface area contributed by atoms with E-state index in [-0.39, 0.29) is 17.7 Å². The molecule has 1 heterocycles. The average molecular weight is 316 g/mol. The molecule has 2 aliphatic rings. The number of nitrogens with zero attached hydrogens (tertiary/aromatic N) is 2. The van der Waals surface area contributed by atoms with Crippen LogP contribution in [0.1, 0.15) is 38.2 Å². The number of rotatable bonds is 4. The second kappa shape index (κ2) is 6.60. The van der Waals surface area contributed by atoms with Crippen molar-refractivity contribution in [1.82, 2.24) is 5.01 Å². The maximum absolute atomic E-state index is 12.6. The molecular weight excluding hydrogens is 292 g/mol. The smallest absolute Gasteiger partial charge is 0.246 e. The van der Waals surface area contributed by atoms with Gasteiger partial charge in [0, 0.05) is 23.9 Å². The fourth-order valence-corrected chi connectivity index (χ4v) is 3.69. The number of fused-ring (bicyclic) bond motifs is 1. The van der Waals surface area contributed by atoms with Crippen molar-refractivity contribution in [2.24, 2.45) is 16.9 Å². The van der Waals surface area contributed by atoms with Crippen LogP contribution in [-0.2, 0) is 4.79 Å². The van der Waals surface area contributed by atoms with E-state index in [1.165, 1.54) is 0 Å². The second-order valence-corrected chi connectivity index (χ2v) is 6.11. The molecule has 0 saturated heterocycles. The first-order chi connectivity index (χ1) is 11.2. The molecule has 0 bridgehead atoms. The minimum Gasteiger partial charge on any atom is -0.493 e. The van der Waals surface area contributed by atoms with Crippen LogP contribution in [0.25, 0.3) is 0 Å². The average Bonchev–Trinajstić information content (AvgIpc) is 2.61. The Hall–Kier alpha value is -2.04. The molecule has 124 valence electrons. The van der Waals surface area contributed by atoms with E-state index in [2.05, 4.69) is 5.10 Å². The number of methoxy groups -OCH3 is 2. The largest absolute Gasteiger partial charge is 0.493 e. The van der Waals surface area contributed by atoms with Gasteiger partial charge in [-0.15, -0.1) is 0 Å². The molecule has 1 aliphatic carbocycles. The van der Waals surface area contributed by atoms with E-state index < -0.39 is 0 Å². The first kappa shape index (κ1) is 15.8. The lowest BCUT2D eigenvalue weighted by Crippen LogP contribution is -2.46. The van der Waals surface area contributed by atoms with Gasteiger partial charge >= 0.3 is 0 Å². The lowest BCUT2D eigenvalue weighted by molar-refractivity contribution is -0.138. The SMILES string of the molecule is CCN1N=C(c2ccc(OC)c(OC)c2)[C@H]2CCCC[C@H]2C1=O. The second-order valence-electron chi connectivity index (χ2n) is 6.11. The molecule has 1 aromatic rings. The van der Waals surface area contributed by atoms with Gasteiger partial charge in [-0.05, 0) is 38.0 Å². The molecule has 0 aromatic heterocycles. The Morgan fingerprint density at radius 1 is 1.13 bits per heavy atom. The van der Waals surface area contributed by atoms with Crippen LogP contribution in [0.5, 0.6) is 11.5 Å². The van der Waals surface area contributed by atoms with Crippen molar-refractivity contribution in [1.29, 1.82) is 0 Å². The highest BCUT2D eigenvalue weighted by molar-refractivity contribution is 6.07. The van der Waals surface area contributed by atoms with Gasteiger partial charge in [0.15, 0.2) is 11.5 Å². The van der Waals surface area contributed by atoms with Gasteiger partial charge in [-0.3, -0.25) is 4.79 Å². The molecular formula is C18H24N2O3. The summed E-state index contributed by atoms with van der Waals surface area (Å²) >= 11 is 0. The molecule has 1 amide bonds. The molecule has 23 heavy (non-hydrogen) atoms. The lowest BCUT2D eigenvalue weighted by Gasteiger charge is -2.38. The van der Waals surface area contributed by atoms with Crippen LogP contribution in [0.2, 0.25) is 0 Å². The van der Waals surface area contributed by atoms with Gasteiger partial charge in [-0.1, -0.05) is 12.8 Å². The van der Waals surface area contributed by atoms with E-state index in [1.54, 1.807) is 19.2 Å². The number of carbonyl (C=O) groups excluding carboxylic acids is 1. The highest BCUT2D eigenvalue weighted by atomic mass is 16.5. The van der Waals surface area contributed by atoms with Crippen LogP contribution >= 0.6 is 0 Å². The summed E-state index contributed by atoms with van der Waals surface area (Å²) in [5.74, 6) is 1.87. The maximum atomic E-state index is 12.6. The van der Waals surface area contributed by atoms with Crippen molar-refractivity contribution in [3.05, 3.63) is 23.8 Å². The third-order valence-corrected chi connectivity index (χ3v) is 4.90. The summed E-state index contributed by atoms with van der Waals surface area (Å²) < 4.78 is 10.7. The quantitative estimate of drug-likeness (QED) is 0.858. The molecule has 0 spiro atoms. The van der Waals surface area contributed by atoms with E-state index in [4.69, 9.17) is 9.47 Å². The Bertz CT molecular complexity index is 627. The van der Waals surface area contributed by atoms with Crippen LogP contribution in [0, 0.1) is 11.8 Å². The zero-order valence-electron chi connectivity index (χ0n) is 14.0. The van der Waals surface area contributed by atoms with Crippen molar-refractivity contribution in [2.75, 3.05) is 20.8 Å². The molecule has 2 atom stereocenters. The van der Waals surface area contributed by atoms with Crippen molar-refractivity contribution in [2.45, 2.75) is 32.6 Å². The highest BCUT2D eigenvalue weighted by Crippen LogP contribution is 2.38. The van der Waals surface area contributed by atoms with E-state index in [1.807, 2.05) is 25.1 Å². The number of hydrogen-bond acceptors (Lipinski definition) is 4. The van der Waals surface area contributed by atoms with Crippen LogP contribution in [0.3, 0.4) is 0 Å². The number of benzene rings is 1. The molecule has 0 N–H and O–H groups in total. The molecule has 5 heteroatoms. The van der Waals surface area contributed by atoms with Crippen LogP contribution < -0.4 is 9.47 Å². The Kier molecular flexibility index (Phi) is 4.55. The predicted molar refractivity (Wildman–Crippen MR) is 88.9 cm³/mol. The zero-order valence-corrected chi connectivity index (χ0v) is 14.0. The lowest BCUT2D eigenvalue weighted by atomic mass is 9.73. The first-order valence-electron chi connectivity index (χ1n) is 8.31. The van der Waals surface area contributed by atoms with Gasteiger partial charge in [0.1, 0.15) is 0 Å². The van der Waals surface area contributed by atoms with Crippen molar-refractivity contribution in [3.63, 3.8) is 0 Å². The summed E-state index contributed by atoms with van der Waals surface area (Å²) in [6.07, 6.45) is 4.28. The number of ether oxygens (including phenoxy) is 2. The van der Waals surface area contributed by atoms with Crippen LogP contribution in [0.15, 0.2) is 23.3 Å². The van der Waals surface area contributed by atoms with E-state index in [9.17, 15) is 4.79 Å². The molecule has 5 nitrogen and oxygen atoms in total. The van der Waals surface area contributed by atoms with E-state index in [0.29, 0.717) is 18.0 Å². The molecule has 0 radical (unpaired) electrons. The third kappa shape index (κ3) is 2.80. The Morgan fingerprint density at radius 2 is 1.83 bits per heavy atom. The minimum atomic E-state index is 0.0734. The normalized spacial score (nSPS) is 24.0. The van der Waals surface area contributed by atoms with Gasteiger partial charge < -0.3 is 9.47 Å². The number of amides is 1. The molecule has 3 rings (SSSR count). The number of hydrogen-bond donors (Lipinski definition) is 0. The highest BCUT2D eigenvalue weighted by Gasteiger charge is 2.40. The Balaban J connectivity index is 2.03. The minimum absolute atomic E-state index is 0.0734. The van der Waals surface area contributed by atoms with Gasteiger partial charge in [-0.2, -0.15) is 5.10 Å². The fraction of sp³-hybridized carbons (Fsp3) is 0.556. The predicted octanol–water partition coefficient (Wildman–Crippen LogP) is 3.08. The zero-order chi connectivity index (χ0) is 16.4. The number of carbonyl (C=O) groups is 1. The Morgan fingerprint density at radius 3 is 2.48 bits per heavy atom. The molecule has 1 aliphatic heterocycles. The van der Waals surface area contributed by atoms with Gasteiger partial charge in [0.05, 0.1) is 19.9 Å². The van der Waals surface area contributed by atoms with E-state index >= 15 is 0 Å². The summed E-state index contributed by atoms with van der Waals surface area (Å²) in [5, 5.41) is 6.29. The maximum Gasteiger partial charge on any atom is 0.246 e. The monoisotopic (exact) mass is 316 g/mol. The van der Waals surface area contributed by atoms with E-state index in [0.717, 1.165) is 37.0 Å². The van der Waals surface area contributed by atoms with Gasteiger partial charge in [0.25, 0.3) is 0 Å². The summed E-state index contributed by atoms with van der Waals surface area (Å²) in [6.45, 7) is 2.58. The summed E-state index contributed by atoms with van der Waals surface area (Å²) in [6, 6.07) is 5.88. The Labute approximate surface area is 137 Å². The van der Waals surface area contributed by atoms with Crippen molar-refractivity contribution in [3.8, 4) is 11.5 Å². The molecule has 0 unspecified atom stereocenters. The topological polar surface area (TPSA) is 51.1 Å². The summed E-state index contributed by atoms with van der Waals surface area (Å²) in [4.78, 5) is 12.6. The fourth-order valence-electron chi connectivity index (χ4n) is 3.69. The van der Waals surface area contributed by atoms with Gasteiger partial charge in [0.2, 0.25) is 5.91 Å². The van der Waals surface area contributed by atoms with Crippen molar-refractivity contribution < 1.29 is 14.3 Å². The van der Waals surface area contributed by atoms with Crippen LogP contribution in [0.4, 0.5) is 0 Å².